The molecule has 1 atom stereocenters. The molecule has 5 heteroatoms. The molecule has 3 nitrogen and oxygen atoms in total. The lowest BCUT2D eigenvalue weighted by Crippen LogP contribution is -2.16. The third kappa shape index (κ3) is 3.19. The molecule has 3 rings (SSSR count). The van der Waals surface area contributed by atoms with Crippen LogP contribution in [0.4, 0.5) is 5.69 Å². The van der Waals surface area contributed by atoms with Crippen LogP contribution in [0.25, 0.3) is 0 Å². The topological polar surface area (TPSA) is 30.5 Å². The van der Waals surface area contributed by atoms with Crippen molar-refractivity contribution in [2.75, 3.05) is 18.5 Å². The van der Waals surface area contributed by atoms with Crippen LogP contribution >= 0.6 is 31.9 Å². The first-order chi connectivity index (χ1) is 10.1. The van der Waals surface area contributed by atoms with E-state index in [2.05, 4.69) is 50.2 Å². The van der Waals surface area contributed by atoms with E-state index in [1.807, 2.05) is 30.3 Å². The van der Waals surface area contributed by atoms with Gasteiger partial charge < -0.3 is 14.8 Å². The summed E-state index contributed by atoms with van der Waals surface area (Å²) in [5.74, 6) is 1.57. The summed E-state index contributed by atoms with van der Waals surface area (Å²) in [5.41, 5.74) is 2.20. The minimum atomic E-state index is 0.166. The van der Waals surface area contributed by atoms with Crippen LogP contribution in [-0.2, 0) is 0 Å². The van der Waals surface area contributed by atoms with E-state index in [9.17, 15) is 0 Å². The number of rotatable bonds is 3. The zero-order valence-electron chi connectivity index (χ0n) is 11.5. The lowest BCUT2D eigenvalue weighted by molar-refractivity contribution is 0.171. The number of halogens is 2. The van der Waals surface area contributed by atoms with Crippen molar-refractivity contribution in [2.24, 2.45) is 0 Å². The Labute approximate surface area is 140 Å². The fraction of sp³-hybridized carbons (Fsp3) is 0.250. The maximum absolute atomic E-state index is 5.64. The highest BCUT2D eigenvalue weighted by molar-refractivity contribution is 9.11. The van der Waals surface area contributed by atoms with E-state index < -0.39 is 0 Å². The van der Waals surface area contributed by atoms with Crippen molar-refractivity contribution in [3.63, 3.8) is 0 Å². The van der Waals surface area contributed by atoms with Crippen molar-refractivity contribution in [3.8, 4) is 11.5 Å². The first-order valence-corrected chi connectivity index (χ1v) is 8.34. The summed E-state index contributed by atoms with van der Waals surface area (Å²) in [5, 5.41) is 3.50. The van der Waals surface area contributed by atoms with Crippen LogP contribution in [-0.4, -0.2) is 13.2 Å². The summed E-state index contributed by atoms with van der Waals surface area (Å²) in [6.45, 7) is 3.32. The van der Waals surface area contributed by atoms with E-state index in [1.54, 1.807) is 0 Å². The van der Waals surface area contributed by atoms with Crippen LogP contribution in [0.3, 0.4) is 0 Å². The van der Waals surface area contributed by atoms with Crippen LogP contribution in [0.15, 0.2) is 45.3 Å². The van der Waals surface area contributed by atoms with Crippen molar-refractivity contribution in [1.29, 1.82) is 0 Å². The largest absolute Gasteiger partial charge is 0.486 e. The maximum Gasteiger partial charge on any atom is 0.163 e. The molecule has 1 unspecified atom stereocenters. The van der Waals surface area contributed by atoms with Gasteiger partial charge in [0.2, 0.25) is 0 Å². The van der Waals surface area contributed by atoms with Gasteiger partial charge in [0.1, 0.15) is 13.2 Å². The third-order valence-electron chi connectivity index (χ3n) is 3.38. The molecular formula is C16H15Br2NO2. The fourth-order valence-electron chi connectivity index (χ4n) is 2.31. The number of nitrogens with one attached hydrogen (secondary N) is 1. The number of fused-ring (bicyclic) bond motifs is 1. The summed E-state index contributed by atoms with van der Waals surface area (Å²) < 4.78 is 13.3. The SMILES string of the molecule is CC(Nc1cc2c(cc1Br)OCCO2)c1ccccc1Br. The van der Waals surface area contributed by atoms with Crippen LogP contribution in [0, 0.1) is 0 Å². The van der Waals surface area contributed by atoms with Gasteiger partial charge in [-0.2, -0.15) is 0 Å². The first kappa shape index (κ1) is 14.7. The smallest absolute Gasteiger partial charge is 0.163 e. The zero-order valence-corrected chi connectivity index (χ0v) is 14.7. The summed E-state index contributed by atoms with van der Waals surface area (Å²) >= 11 is 7.18. The Hall–Kier alpha value is -1.20. The molecule has 0 saturated carbocycles. The molecule has 1 N–H and O–H groups in total. The molecule has 0 saturated heterocycles. The predicted molar refractivity (Wildman–Crippen MR) is 91.3 cm³/mol. The molecule has 1 aliphatic rings. The second-order valence-corrected chi connectivity index (χ2v) is 6.57. The zero-order chi connectivity index (χ0) is 14.8. The number of anilines is 1. The van der Waals surface area contributed by atoms with Gasteiger partial charge in [0.15, 0.2) is 11.5 Å². The van der Waals surface area contributed by atoms with Gasteiger partial charge in [-0.15, -0.1) is 0 Å². The normalized spacial score (nSPS) is 14.6. The van der Waals surface area contributed by atoms with E-state index in [0.717, 1.165) is 26.1 Å². The Morgan fingerprint density at radius 1 is 1.00 bits per heavy atom. The fourth-order valence-corrected chi connectivity index (χ4v) is 3.38. The minimum Gasteiger partial charge on any atom is -0.486 e. The average Bonchev–Trinajstić information content (AvgIpc) is 2.48. The van der Waals surface area contributed by atoms with Crippen LogP contribution < -0.4 is 14.8 Å². The molecule has 110 valence electrons. The highest BCUT2D eigenvalue weighted by atomic mass is 79.9. The van der Waals surface area contributed by atoms with Crippen molar-refractivity contribution in [2.45, 2.75) is 13.0 Å². The highest BCUT2D eigenvalue weighted by Gasteiger charge is 2.17. The van der Waals surface area contributed by atoms with E-state index >= 15 is 0 Å². The first-order valence-electron chi connectivity index (χ1n) is 6.75. The summed E-state index contributed by atoms with van der Waals surface area (Å²) in [4.78, 5) is 0. The average molecular weight is 413 g/mol. The predicted octanol–water partition coefficient (Wildman–Crippen LogP) is 5.16. The molecule has 0 spiro atoms. The second kappa shape index (κ2) is 6.28. The standard InChI is InChI=1S/C16H15Br2NO2/c1-10(11-4-2-3-5-12(11)17)19-14-9-16-15(8-13(14)18)20-6-7-21-16/h2-5,8-10,19H,6-7H2,1H3. The van der Waals surface area contributed by atoms with Gasteiger partial charge in [0, 0.05) is 27.1 Å². The molecular weight excluding hydrogens is 398 g/mol. The van der Waals surface area contributed by atoms with Gasteiger partial charge in [-0.25, -0.2) is 0 Å². The van der Waals surface area contributed by atoms with E-state index in [0.29, 0.717) is 13.2 Å². The quantitative estimate of drug-likeness (QED) is 0.755. The number of hydrogen-bond acceptors (Lipinski definition) is 3. The Morgan fingerprint density at radius 3 is 2.38 bits per heavy atom. The molecule has 0 bridgehead atoms. The third-order valence-corrected chi connectivity index (χ3v) is 4.75. The van der Waals surface area contributed by atoms with E-state index in [1.165, 1.54) is 5.56 Å². The number of ether oxygens (including phenoxy) is 2. The molecule has 0 aliphatic carbocycles. The minimum absolute atomic E-state index is 0.166. The number of benzene rings is 2. The second-order valence-electron chi connectivity index (χ2n) is 4.86. The highest BCUT2D eigenvalue weighted by Crippen LogP contribution is 2.39. The van der Waals surface area contributed by atoms with E-state index in [-0.39, 0.29) is 6.04 Å². The van der Waals surface area contributed by atoms with Gasteiger partial charge in [0.25, 0.3) is 0 Å². The van der Waals surface area contributed by atoms with Crippen molar-refractivity contribution >= 4 is 37.5 Å². The molecule has 21 heavy (non-hydrogen) atoms. The molecule has 0 aromatic heterocycles. The lowest BCUT2D eigenvalue weighted by Gasteiger charge is -2.22. The van der Waals surface area contributed by atoms with Gasteiger partial charge >= 0.3 is 0 Å². The molecule has 0 fully saturated rings. The monoisotopic (exact) mass is 411 g/mol. The van der Waals surface area contributed by atoms with Gasteiger partial charge in [-0.3, -0.25) is 0 Å². The molecule has 0 amide bonds. The number of hydrogen-bond donors (Lipinski definition) is 1. The Bertz CT molecular complexity index is 661. The van der Waals surface area contributed by atoms with Gasteiger partial charge in [-0.1, -0.05) is 34.1 Å². The summed E-state index contributed by atoms with van der Waals surface area (Å²) in [6.07, 6.45) is 0. The van der Waals surface area contributed by atoms with Gasteiger partial charge in [0.05, 0.1) is 5.69 Å². The molecule has 1 aliphatic heterocycles. The lowest BCUT2D eigenvalue weighted by atomic mass is 10.1. The van der Waals surface area contributed by atoms with Crippen molar-refractivity contribution in [3.05, 3.63) is 50.9 Å². The van der Waals surface area contributed by atoms with E-state index in [4.69, 9.17) is 9.47 Å². The molecule has 0 radical (unpaired) electrons. The summed E-state index contributed by atoms with van der Waals surface area (Å²) in [7, 11) is 0. The molecule has 2 aromatic rings. The molecule has 2 aromatic carbocycles. The van der Waals surface area contributed by atoms with Crippen molar-refractivity contribution in [1.82, 2.24) is 0 Å². The van der Waals surface area contributed by atoms with Crippen LogP contribution in [0.1, 0.15) is 18.5 Å². The maximum atomic E-state index is 5.64. The summed E-state index contributed by atoms with van der Waals surface area (Å²) in [6, 6.07) is 12.3. The molecule has 1 heterocycles. The Balaban J connectivity index is 1.86. The Morgan fingerprint density at radius 2 is 1.67 bits per heavy atom. The van der Waals surface area contributed by atoms with Gasteiger partial charge in [-0.05, 0) is 34.5 Å². The Kier molecular flexibility index (Phi) is 4.40. The van der Waals surface area contributed by atoms with Crippen molar-refractivity contribution < 1.29 is 9.47 Å². The van der Waals surface area contributed by atoms with Crippen LogP contribution in [0.2, 0.25) is 0 Å². The van der Waals surface area contributed by atoms with Crippen LogP contribution in [0.5, 0.6) is 11.5 Å².